The highest BCUT2D eigenvalue weighted by Gasteiger charge is 1.99. The van der Waals surface area contributed by atoms with Crippen LogP contribution in [-0.2, 0) is 0 Å². The van der Waals surface area contributed by atoms with Crippen LogP contribution in [-0.4, -0.2) is 19.7 Å². The van der Waals surface area contributed by atoms with E-state index in [0.29, 0.717) is 18.1 Å². The molecule has 1 N–H and O–H groups in total. The minimum atomic E-state index is -0.180. The molecule has 0 aliphatic carbocycles. The van der Waals surface area contributed by atoms with Gasteiger partial charge in [0.05, 0.1) is 6.61 Å². The Morgan fingerprint density at radius 2 is 2.06 bits per heavy atom. The zero-order chi connectivity index (χ0) is 13.4. The molecule has 0 aliphatic rings. The molecule has 0 spiro atoms. The smallest absolute Gasteiger partial charge is 0.126 e. The van der Waals surface area contributed by atoms with Gasteiger partial charge in [0.25, 0.3) is 0 Å². The Bertz CT molecular complexity index is 352. The van der Waals surface area contributed by atoms with Gasteiger partial charge < -0.3 is 10.1 Å². The van der Waals surface area contributed by atoms with E-state index in [4.69, 9.17) is 4.74 Å². The maximum Gasteiger partial charge on any atom is 0.126 e. The summed E-state index contributed by atoms with van der Waals surface area (Å²) in [5.74, 6) is 1.27. The van der Waals surface area contributed by atoms with Gasteiger partial charge in [-0.3, -0.25) is 0 Å². The summed E-state index contributed by atoms with van der Waals surface area (Å²) in [5.41, 5.74) is 0.631. The molecule has 0 saturated carbocycles. The van der Waals surface area contributed by atoms with E-state index in [1.807, 2.05) is 0 Å². The molecule has 0 aromatic heterocycles. The molecule has 2 nitrogen and oxygen atoms in total. The SMILES string of the molecule is Cc1cc(OCCCCNCC(C)C)ccc1F. The highest BCUT2D eigenvalue weighted by molar-refractivity contribution is 5.28. The van der Waals surface area contributed by atoms with E-state index in [2.05, 4.69) is 19.2 Å². The second-order valence-electron chi connectivity index (χ2n) is 5.06. The lowest BCUT2D eigenvalue weighted by molar-refractivity contribution is 0.304. The van der Waals surface area contributed by atoms with E-state index in [-0.39, 0.29) is 5.82 Å². The monoisotopic (exact) mass is 253 g/mol. The number of ether oxygens (including phenoxy) is 1. The Morgan fingerprint density at radius 1 is 1.28 bits per heavy atom. The number of rotatable bonds is 8. The molecule has 0 amide bonds. The number of benzene rings is 1. The van der Waals surface area contributed by atoms with Crippen molar-refractivity contribution >= 4 is 0 Å². The van der Waals surface area contributed by atoms with Gasteiger partial charge in [-0.15, -0.1) is 0 Å². The summed E-state index contributed by atoms with van der Waals surface area (Å²) >= 11 is 0. The molecule has 3 heteroatoms. The van der Waals surface area contributed by atoms with E-state index in [1.165, 1.54) is 6.07 Å². The van der Waals surface area contributed by atoms with Gasteiger partial charge in [0, 0.05) is 0 Å². The average Bonchev–Trinajstić information content (AvgIpc) is 2.32. The predicted octanol–water partition coefficient (Wildman–Crippen LogP) is 3.54. The highest BCUT2D eigenvalue weighted by atomic mass is 19.1. The van der Waals surface area contributed by atoms with E-state index in [9.17, 15) is 4.39 Å². The Morgan fingerprint density at radius 3 is 2.72 bits per heavy atom. The largest absolute Gasteiger partial charge is 0.494 e. The van der Waals surface area contributed by atoms with Crippen LogP contribution in [0.3, 0.4) is 0 Å². The molecule has 0 unspecified atom stereocenters. The van der Waals surface area contributed by atoms with E-state index in [1.54, 1.807) is 19.1 Å². The van der Waals surface area contributed by atoms with Gasteiger partial charge in [0.1, 0.15) is 11.6 Å². The number of halogens is 1. The molecule has 0 radical (unpaired) electrons. The number of nitrogens with one attached hydrogen (secondary N) is 1. The van der Waals surface area contributed by atoms with E-state index < -0.39 is 0 Å². The van der Waals surface area contributed by atoms with Crippen LogP contribution in [0.4, 0.5) is 4.39 Å². The average molecular weight is 253 g/mol. The van der Waals surface area contributed by atoms with Crippen LogP contribution < -0.4 is 10.1 Å². The molecule has 0 saturated heterocycles. The topological polar surface area (TPSA) is 21.3 Å². The fourth-order valence-corrected chi connectivity index (χ4v) is 1.64. The van der Waals surface area contributed by atoms with Crippen molar-refractivity contribution in [1.82, 2.24) is 5.32 Å². The normalized spacial score (nSPS) is 10.9. The molecule has 1 aromatic carbocycles. The molecular weight excluding hydrogens is 229 g/mol. The second-order valence-corrected chi connectivity index (χ2v) is 5.06. The Hall–Kier alpha value is -1.09. The van der Waals surface area contributed by atoms with Crippen molar-refractivity contribution in [1.29, 1.82) is 0 Å². The van der Waals surface area contributed by atoms with Crippen molar-refractivity contribution < 1.29 is 9.13 Å². The Balaban J connectivity index is 2.09. The Kier molecular flexibility index (Phi) is 6.73. The van der Waals surface area contributed by atoms with Crippen LogP contribution in [0, 0.1) is 18.7 Å². The standard InChI is InChI=1S/C15H24FNO/c1-12(2)11-17-8-4-5-9-18-14-6-7-15(16)13(3)10-14/h6-7,10,12,17H,4-5,8-9,11H2,1-3H3. The highest BCUT2D eigenvalue weighted by Crippen LogP contribution is 2.16. The summed E-state index contributed by atoms with van der Waals surface area (Å²) in [6.45, 7) is 8.94. The maximum absolute atomic E-state index is 13.0. The first-order chi connectivity index (χ1) is 8.59. The third kappa shape index (κ3) is 6.01. The van der Waals surface area contributed by atoms with Crippen molar-refractivity contribution in [3.8, 4) is 5.75 Å². The van der Waals surface area contributed by atoms with Gasteiger partial charge in [-0.05, 0) is 62.5 Å². The molecule has 0 bridgehead atoms. The van der Waals surface area contributed by atoms with Crippen LogP contribution >= 0.6 is 0 Å². The van der Waals surface area contributed by atoms with Crippen molar-refractivity contribution in [3.63, 3.8) is 0 Å². The van der Waals surface area contributed by atoms with Crippen molar-refractivity contribution in [3.05, 3.63) is 29.6 Å². The van der Waals surface area contributed by atoms with Crippen LogP contribution in [0.2, 0.25) is 0 Å². The van der Waals surface area contributed by atoms with Gasteiger partial charge >= 0.3 is 0 Å². The second kappa shape index (κ2) is 8.09. The fraction of sp³-hybridized carbons (Fsp3) is 0.600. The first-order valence-corrected chi connectivity index (χ1v) is 6.69. The number of hydrogen-bond acceptors (Lipinski definition) is 2. The minimum absolute atomic E-state index is 0.180. The fourth-order valence-electron chi connectivity index (χ4n) is 1.64. The van der Waals surface area contributed by atoms with Gasteiger partial charge in [0.15, 0.2) is 0 Å². The summed E-state index contributed by atoms with van der Waals surface area (Å²) in [6.07, 6.45) is 2.12. The lowest BCUT2D eigenvalue weighted by Gasteiger charge is -2.09. The number of unbranched alkanes of at least 4 members (excludes halogenated alkanes) is 1. The van der Waals surface area contributed by atoms with E-state index >= 15 is 0 Å². The lowest BCUT2D eigenvalue weighted by Crippen LogP contribution is -2.21. The summed E-state index contributed by atoms with van der Waals surface area (Å²) in [6, 6.07) is 4.88. The van der Waals surface area contributed by atoms with Crippen LogP contribution in [0.5, 0.6) is 5.75 Å². The van der Waals surface area contributed by atoms with Gasteiger partial charge in [0.2, 0.25) is 0 Å². The number of hydrogen-bond donors (Lipinski definition) is 1. The molecule has 0 aliphatic heterocycles. The molecular formula is C15H24FNO. The predicted molar refractivity (Wildman–Crippen MR) is 73.6 cm³/mol. The molecule has 0 fully saturated rings. The van der Waals surface area contributed by atoms with Gasteiger partial charge in [-0.25, -0.2) is 4.39 Å². The summed E-state index contributed by atoms with van der Waals surface area (Å²) in [5, 5.41) is 3.39. The zero-order valence-corrected chi connectivity index (χ0v) is 11.6. The summed E-state index contributed by atoms with van der Waals surface area (Å²) in [7, 11) is 0. The first kappa shape index (κ1) is 15.0. The van der Waals surface area contributed by atoms with Gasteiger partial charge in [-0.1, -0.05) is 13.8 Å². The molecule has 1 aromatic rings. The third-order valence-electron chi connectivity index (χ3n) is 2.70. The molecule has 1 rings (SSSR count). The van der Waals surface area contributed by atoms with E-state index in [0.717, 1.165) is 31.7 Å². The van der Waals surface area contributed by atoms with Gasteiger partial charge in [-0.2, -0.15) is 0 Å². The molecule has 0 atom stereocenters. The lowest BCUT2D eigenvalue weighted by atomic mass is 10.2. The summed E-state index contributed by atoms with van der Waals surface area (Å²) in [4.78, 5) is 0. The maximum atomic E-state index is 13.0. The van der Waals surface area contributed by atoms with Crippen molar-refractivity contribution in [2.45, 2.75) is 33.6 Å². The van der Waals surface area contributed by atoms with Crippen LogP contribution in [0.25, 0.3) is 0 Å². The zero-order valence-electron chi connectivity index (χ0n) is 11.6. The van der Waals surface area contributed by atoms with Crippen molar-refractivity contribution in [2.24, 2.45) is 5.92 Å². The first-order valence-electron chi connectivity index (χ1n) is 6.69. The summed E-state index contributed by atoms with van der Waals surface area (Å²) < 4.78 is 18.6. The van der Waals surface area contributed by atoms with Crippen molar-refractivity contribution in [2.75, 3.05) is 19.7 Å². The van der Waals surface area contributed by atoms with Crippen LogP contribution in [0.1, 0.15) is 32.3 Å². The Labute approximate surface area is 110 Å². The van der Waals surface area contributed by atoms with Crippen LogP contribution in [0.15, 0.2) is 18.2 Å². The molecule has 18 heavy (non-hydrogen) atoms. The quantitative estimate of drug-likeness (QED) is 0.715. The molecule has 0 heterocycles. The third-order valence-corrected chi connectivity index (χ3v) is 2.70. The number of aryl methyl sites for hydroxylation is 1. The molecule has 102 valence electrons. The minimum Gasteiger partial charge on any atom is -0.494 e.